The normalized spacial score (nSPS) is 18.9. The molecular weight excluding hydrogens is 481 g/mol. The van der Waals surface area contributed by atoms with Gasteiger partial charge in [0.2, 0.25) is 0 Å². The fourth-order valence-corrected chi connectivity index (χ4v) is 5.97. The number of carbonyl (C=O) groups is 1. The van der Waals surface area contributed by atoms with Gasteiger partial charge < -0.3 is 9.64 Å². The van der Waals surface area contributed by atoms with Crippen LogP contribution in [0.25, 0.3) is 0 Å². The van der Waals surface area contributed by atoms with Crippen molar-refractivity contribution in [1.82, 2.24) is 0 Å². The number of nitrogens with zero attached hydrogens (tertiary/aromatic N) is 3. The molecule has 3 aromatic rings. The van der Waals surface area contributed by atoms with Gasteiger partial charge in [-0.05, 0) is 78.5 Å². The lowest BCUT2D eigenvalue weighted by molar-refractivity contribution is -0.113. The third-order valence-electron chi connectivity index (χ3n) is 5.15. The van der Waals surface area contributed by atoms with Crippen molar-refractivity contribution in [3.8, 4) is 5.75 Å². The first-order valence-corrected chi connectivity index (χ1v) is 11.9. The largest absolute Gasteiger partial charge is 0.497 e. The maximum atomic E-state index is 13.6. The van der Waals surface area contributed by atoms with Gasteiger partial charge in [-0.1, -0.05) is 23.4 Å². The second-order valence-corrected chi connectivity index (χ2v) is 9.66. The number of halogens is 2. The first kappa shape index (κ1) is 21.9. The first-order valence-electron chi connectivity index (χ1n) is 9.90. The van der Waals surface area contributed by atoms with E-state index in [0.717, 1.165) is 15.6 Å². The summed E-state index contributed by atoms with van der Waals surface area (Å²) < 4.78 is 18.8. The molecule has 2 aliphatic rings. The van der Waals surface area contributed by atoms with Gasteiger partial charge in [0.25, 0.3) is 5.91 Å². The zero-order valence-corrected chi connectivity index (χ0v) is 20.0. The Morgan fingerprint density at radius 2 is 1.73 bits per heavy atom. The minimum absolute atomic E-state index is 0.216. The molecule has 0 aliphatic carbocycles. The summed E-state index contributed by atoms with van der Waals surface area (Å²) in [5.74, 6) is 0.128. The van der Waals surface area contributed by atoms with Gasteiger partial charge in [0, 0.05) is 17.0 Å². The summed E-state index contributed by atoms with van der Waals surface area (Å²) in [6, 6.07) is 18.7. The number of ether oxygens (including phenoxy) is 1. The number of fused-ring (bicyclic) bond motifs is 1. The van der Waals surface area contributed by atoms with Crippen LogP contribution in [0.15, 0.2) is 86.6 Å². The molecule has 5 rings (SSSR count). The fourth-order valence-electron chi connectivity index (χ4n) is 3.48. The van der Waals surface area contributed by atoms with E-state index in [9.17, 15) is 9.18 Å². The average molecular weight is 498 g/mol. The monoisotopic (exact) mass is 497 g/mol. The Morgan fingerprint density at radius 3 is 2.42 bits per heavy atom. The van der Waals surface area contributed by atoms with E-state index < -0.39 is 0 Å². The Morgan fingerprint density at radius 1 is 1.00 bits per heavy atom. The van der Waals surface area contributed by atoms with Gasteiger partial charge in [-0.15, -0.1) is 0 Å². The Labute approximate surface area is 203 Å². The van der Waals surface area contributed by atoms with Crippen LogP contribution < -0.4 is 14.5 Å². The number of methoxy groups -OCH3 is 1. The number of rotatable bonds is 3. The summed E-state index contributed by atoms with van der Waals surface area (Å²) in [7, 11) is 3.51. The molecule has 1 saturated heterocycles. The zero-order chi connectivity index (χ0) is 23.1. The molecule has 0 bridgehead atoms. The second kappa shape index (κ2) is 8.78. The van der Waals surface area contributed by atoms with Gasteiger partial charge in [0.15, 0.2) is 5.17 Å². The van der Waals surface area contributed by atoms with Crippen molar-refractivity contribution < 1.29 is 13.9 Å². The highest BCUT2D eigenvalue weighted by Gasteiger charge is 2.40. The molecule has 1 amide bonds. The standard InChI is InChI=1S/C24H17ClFN3O2S2/c1-28-19-13-14(25)3-12-20(19)32-23(28)21-22(30)29(17-8-4-15(26)5-9-17)24(33-21)27-16-6-10-18(31-2)11-7-16/h3-13H,1-2H3. The molecule has 1 fully saturated rings. The fraction of sp³-hybridized carbons (Fsp3) is 0.0833. The quantitative estimate of drug-likeness (QED) is 0.378. The van der Waals surface area contributed by atoms with Gasteiger partial charge in [-0.2, -0.15) is 0 Å². The summed E-state index contributed by atoms with van der Waals surface area (Å²) >= 11 is 8.99. The number of thioether (sulfide) groups is 2. The van der Waals surface area contributed by atoms with Crippen LogP contribution in [0.3, 0.4) is 0 Å². The molecule has 33 heavy (non-hydrogen) atoms. The van der Waals surface area contributed by atoms with E-state index in [-0.39, 0.29) is 11.7 Å². The van der Waals surface area contributed by atoms with Crippen molar-refractivity contribution in [3.63, 3.8) is 0 Å². The van der Waals surface area contributed by atoms with Crippen molar-refractivity contribution in [1.29, 1.82) is 0 Å². The van der Waals surface area contributed by atoms with E-state index in [0.29, 0.717) is 32.2 Å². The van der Waals surface area contributed by atoms with Gasteiger partial charge >= 0.3 is 0 Å². The van der Waals surface area contributed by atoms with Gasteiger partial charge in [-0.3, -0.25) is 9.69 Å². The van der Waals surface area contributed by atoms with Crippen molar-refractivity contribution in [2.75, 3.05) is 24.0 Å². The molecule has 2 heterocycles. The third kappa shape index (κ3) is 4.10. The van der Waals surface area contributed by atoms with Gasteiger partial charge in [0.1, 0.15) is 16.5 Å². The van der Waals surface area contributed by atoms with E-state index in [4.69, 9.17) is 21.3 Å². The highest BCUT2D eigenvalue weighted by atomic mass is 35.5. The number of amidine groups is 1. The molecule has 166 valence electrons. The molecule has 9 heteroatoms. The highest BCUT2D eigenvalue weighted by Crippen LogP contribution is 2.51. The summed E-state index contributed by atoms with van der Waals surface area (Å²) in [5, 5.41) is 1.92. The summed E-state index contributed by atoms with van der Waals surface area (Å²) in [5.41, 5.74) is 2.16. The molecule has 3 aromatic carbocycles. The maximum Gasteiger partial charge on any atom is 0.274 e. The molecule has 2 aliphatic heterocycles. The number of benzene rings is 3. The molecule has 0 radical (unpaired) electrons. The van der Waals surface area contributed by atoms with Crippen LogP contribution in [0.2, 0.25) is 5.02 Å². The molecule has 0 aromatic heterocycles. The van der Waals surface area contributed by atoms with Crippen LogP contribution in [0, 0.1) is 5.82 Å². The Bertz CT molecular complexity index is 1310. The maximum absolute atomic E-state index is 13.6. The van der Waals surface area contributed by atoms with Crippen LogP contribution >= 0.6 is 35.1 Å². The molecule has 0 unspecified atom stereocenters. The van der Waals surface area contributed by atoms with Crippen molar-refractivity contribution in [2.24, 2.45) is 4.99 Å². The minimum atomic E-state index is -0.372. The van der Waals surface area contributed by atoms with Crippen molar-refractivity contribution >= 4 is 63.3 Å². The predicted octanol–water partition coefficient (Wildman–Crippen LogP) is 6.67. The second-order valence-electron chi connectivity index (χ2n) is 7.22. The van der Waals surface area contributed by atoms with Crippen LogP contribution in [0.4, 0.5) is 21.5 Å². The lowest BCUT2D eigenvalue weighted by atomic mass is 10.2. The lowest BCUT2D eigenvalue weighted by Gasteiger charge is -2.17. The smallest absolute Gasteiger partial charge is 0.274 e. The summed E-state index contributed by atoms with van der Waals surface area (Å²) in [6.45, 7) is 0. The van der Waals surface area contributed by atoms with E-state index in [2.05, 4.69) is 0 Å². The number of amides is 1. The Kier molecular flexibility index (Phi) is 5.82. The topological polar surface area (TPSA) is 45.1 Å². The SMILES string of the molecule is COc1ccc(N=C2SC(=C3Sc4ccc(Cl)cc4N3C)C(=O)N2c2ccc(F)cc2)cc1. The van der Waals surface area contributed by atoms with Crippen LogP contribution in [0.5, 0.6) is 5.75 Å². The molecular formula is C24H17ClFN3O2S2. The minimum Gasteiger partial charge on any atom is -0.497 e. The van der Waals surface area contributed by atoms with E-state index in [1.165, 1.54) is 40.6 Å². The molecule has 0 saturated carbocycles. The number of carbonyl (C=O) groups excluding carboxylic acids is 1. The van der Waals surface area contributed by atoms with Crippen LogP contribution in [-0.4, -0.2) is 25.2 Å². The van der Waals surface area contributed by atoms with Gasteiger partial charge in [0.05, 0.1) is 29.2 Å². The van der Waals surface area contributed by atoms with Crippen molar-refractivity contribution in [2.45, 2.75) is 4.90 Å². The number of hydrogen-bond acceptors (Lipinski definition) is 6. The van der Waals surface area contributed by atoms with Crippen LogP contribution in [-0.2, 0) is 4.79 Å². The Balaban J connectivity index is 1.59. The van der Waals surface area contributed by atoms with E-state index in [1.54, 1.807) is 19.2 Å². The number of hydrogen-bond donors (Lipinski definition) is 0. The summed E-state index contributed by atoms with van der Waals surface area (Å²) in [6.07, 6.45) is 0. The van der Waals surface area contributed by atoms with E-state index >= 15 is 0 Å². The lowest BCUT2D eigenvalue weighted by Crippen LogP contribution is -2.29. The number of anilines is 2. The van der Waals surface area contributed by atoms with E-state index in [1.807, 2.05) is 54.4 Å². The van der Waals surface area contributed by atoms with Crippen LogP contribution in [0.1, 0.15) is 0 Å². The molecule has 0 atom stereocenters. The zero-order valence-electron chi connectivity index (χ0n) is 17.6. The third-order valence-corrected chi connectivity index (χ3v) is 7.78. The molecule has 5 nitrogen and oxygen atoms in total. The molecule has 0 spiro atoms. The summed E-state index contributed by atoms with van der Waals surface area (Å²) in [4.78, 5) is 23.4. The first-order chi connectivity index (χ1) is 15.9. The average Bonchev–Trinajstić information content (AvgIpc) is 3.31. The number of aliphatic imine (C=N–C) groups is 1. The Hall–Kier alpha value is -2.94. The van der Waals surface area contributed by atoms with Crippen molar-refractivity contribution in [3.05, 3.63) is 87.5 Å². The highest BCUT2D eigenvalue weighted by molar-refractivity contribution is 8.20. The predicted molar refractivity (Wildman–Crippen MR) is 134 cm³/mol. The molecule has 0 N–H and O–H groups in total. The van der Waals surface area contributed by atoms with Gasteiger partial charge in [-0.25, -0.2) is 9.38 Å².